The van der Waals surface area contributed by atoms with Crippen LogP contribution in [0, 0.1) is 18.6 Å². The van der Waals surface area contributed by atoms with E-state index in [-0.39, 0.29) is 17.6 Å². The van der Waals surface area contributed by atoms with Gasteiger partial charge in [0, 0.05) is 11.3 Å². The molecule has 2 heterocycles. The van der Waals surface area contributed by atoms with E-state index < -0.39 is 11.7 Å². The van der Waals surface area contributed by atoms with Gasteiger partial charge in [-0.1, -0.05) is 17.3 Å². The number of carbonyl (C=O) groups excluding carboxylic acids is 1. The minimum Gasteiger partial charge on any atom is -0.320 e. The van der Waals surface area contributed by atoms with E-state index in [1.54, 1.807) is 16.8 Å². The molecule has 29 heavy (non-hydrogen) atoms. The summed E-state index contributed by atoms with van der Waals surface area (Å²) >= 11 is 0. The van der Waals surface area contributed by atoms with E-state index in [0.717, 1.165) is 25.9 Å². The van der Waals surface area contributed by atoms with Crippen molar-refractivity contribution in [2.24, 2.45) is 0 Å². The zero-order valence-electron chi connectivity index (χ0n) is 16.0. The average molecular weight is 397 g/mol. The molecule has 0 saturated carbocycles. The Kier molecular flexibility index (Phi) is 5.35. The van der Waals surface area contributed by atoms with E-state index in [1.165, 1.54) is 30.3 Å². The molecule has 8 heteroatoms. The van der Waals surface area contributed by atoms with Crippen molar-refractivity contribution in [3.63, 3.8) is 0 Å². The number of halogens is 2. The lowest BCUT2D eigenvalue weighted by Crippen LogP contribution is -2.30. The summed E-state index contributed by atoms with van der Waals surface area (Å²) in [5, 5.41) is 14.4. The lowest BCUT2D eigenvalue weighted by atomic mass is 10.0. The van der Waals surface area contributed by atoms with Gasteiger partial charge in [0.2, 0.25) is 0 Å². The quantitative estimate of drug-likeness (QED) is 0.704. The lowest BCUT2D eigenvalue weighted by Gasteiger charge is -2.23. The van der Waals surface area contributed by atoms with Crippen molar-refractivity contribution in [3.05, 3.63) is 65.5 Å². The number of nitrogens with one attached hydrogen (secondary N) is 2. The maximum Gasteiger partial charge on any atom is 0.278 e. The second kappa shape index (κ2) is 8.08. The minimum atomic E-state index is -0.449. The Balaban J connectivity index is 1.61. The highest BCUT2D eigenvalue weighted by atomic mass is 19.1. The summed E-state index contributed by atoms with van der Waals surface area (Å²) < 4.78 is 28.9. The molecule has 2 aromatic carbocycles. The molecule has 1 saturated heterocycles. The highest BCUT2D eigenvalue weighted by Crippen LogP contribution is 2.30. The van der Waals surface area contributed by atoms with Crippen molar-refractivity contribution in [3.8, 4) is 11.1 Å². The summed E-state index contributed by atoms with van der Waals surface area (Å²) in [5.74, 6) is -1.26. The molecule has 0 atom stereocenters. The van der Waals surface area contributed by atoms with Gasteiger partial charge in [0.1, 0.15) is 11.6 Å². The fourth-order valence-corrected chi connectivity index (χ4v) is 3.62. The first-order valence-electron chi connectivity index (χ1n) is 9.52. The molecule has 3 aromatic rings. The fraction of sp³-hybridized carbons (Fsp3) is 0.286. The maximum absolute atomic E-state index is 13.8. The largest absolute Gasteiger partial charge is 0.320 e. The van der Waals surface area contributed by atoms with Crippen LogP contribution in [0.2, 0.25) is 0 Å². The van der Waals surface area contributed by atoms with Gasteiger partial charge in [-0.15, -0.1) is 5.10 Å². The second-order valence-corrected chi connectivity index (χ2v) is 7.10. The number of rotatable bonds is 4. The van der Waals surface area contributed by atoms with Crippen LogP contribution in [-0.4, -0.2) is 34.0 Å². The van der Waals surface area contributed by atoms with Crippen molar-refractivity contribution in [2.45, 2.75) is 25.8 Å². The number of piperidine rings is 1. The van der Waals surface area contributed by atoms with E-state index in [0.29, 0.717) is 22.5 Å². The van der Waals surface area contributed by atoms with Crippen LogP contribution in [-0.2, 0) is 0 Å². The van der Waals surface area contributed by atoms with Gasteiger partial charge in [0.05, 0.1) is 11.7 Å². The topological polar surface area (TPSA) is 71.8 Å². The number of hydrogen-bond donors (Lipinski definition) is 2. The highest BCUT2D eigenvalue weighted by Gasteiger charge is 2.23. The molecule has 1 amide bonds. The second-order valence-electron chi connectivity index (χ2n) is 7.10. The minimum absolute atomic E-state index is 0.214. The number of aromatic nitrogens is 3. The molecule has 1 aliphatic heterocycles. The highest BCUT2D eigenvalue weighted by molar-refractivity contribution is 6.05. The number of nitrogens with zero attached hydrogens (tertiary/aromatic N) is 3. The summed E-state index contributed by atoms with van der Waals surface area (Å²) in [5.41, 5.74) is 2.40. The zero-order chi connectivity index (χ0) is 20.4. The summed E-state index contributed by atoms with van der Waals surface area (Å²) in [6.07, 6.45) is 1.86. The van der Waals surface area contributed by atoms with E-state index in [2.05, 4.69) is 20.9 Å². The van der Waals surface area contributed by atoms with Gasteiger partial charge in [-0.2, -0.15) is 0 Å². The molecule has 0 bridgehead atoms. The van der Waals surface area contributed by atoms with Crippen LogP contribution in [0.15, 0.2) is 42.5 Å². The normalized spacial score (nSPS) is 14.7. The number of hydrogen-bond acceptors (Lipinski definition) is 4. The standard InChI is InChI=1S/C21H21F2N5O/c1-13-20(26-27-28(13)17-8-10-24-11-9-17)21(29)25-19-7-6-16(23)12-18(19)14-2-4-15(22)5-3-14/h2-7,12,17,24H,8-11H2,1H3,(H,25,29). The third-order valence-corrected chi connectivity index (χ3v) is 5.18. The van der Waals surface area contributed by atoms with Crippen LogP contribution in [0.4, 0.5) is 14.5 Å². The average Bonchev–Trinajstić information content (AvgIpc) is 3.12. The van der Waals surface area contributed by atoms with Crippen LogP contribution >= 0.6 is 0 Å². The molecule has 0 radical (unpaired) electrons. The van der Waals surface area contributed by atoms with Crippen molar-refractivity contribution in [1.82, 2.24) is 20.3 Å². The monoisotopic (exact) mass is 397 g/mol. The number of benzene rings is 2. The molecule has 0 unspecified atom stereocenters. The molecule has 1 fully saturated rings. The van der Waals surface area contributed by atoms with Crippen LogP contribution < -0.4 is 10.6 Å². The SMILES string of the molecule is Cc1c(C(=O)Nc2ccc(F)cc2-c2ccc(F)cc2)nnn1C1CCNCC1. The molecule has 1 aromatic heterocycles. The fourth-order valence-electron chi connectivity index (χ4n) is 3.62. The number of anilines is 1. The first-order valence-corrected chi connectivity index (χ1v) is 9.52. The predicted molar refractivity (Wildman–Crippen MR) is 106 cm³/mol. The van der Waals surface area contributed by atoms with Gasteiger partial charge in [0.25, 0.3) is 5.91 Å². The van der Waals surface area contributed by atoms with E-state index >= 15 is 0 Å². The molecular formula is C21H21F2N5O. The molecule has 4 rings (SSSR count). The van der Waals surface area contributed by atoms with Crippen molar-refractivity contribution < 1.29 is 13.6 Å². The number of carbonyl (C=O) groups is 1. The Morgan fingerprint density at radius 1 is 1.10 bits per heavy atom. The summed E-state index contributed by atoms with van der Waals surface area (Å²) in [7, 11) is 0. The van der Waals surface area contributed by atoms with Crippen molar-refractivity contribution in [1.29, 1.82) is 0 Å². The van der Waals surface area contributed by atoms with E-state index in [9.17, 15) is 13.6 Å². The number of amides is 1. The van der Waals surface area contributed by atoms with Gasteiger partial charge >= 0.3 is 0 Å². The van der Waals surface area contributed by atoms with Gasteiger partial charge < -0.3 is 10.6 Å². The Morgan fingerprint density at radius 3 is 2.52 bits per heavy atom. The first-order chi connectivity index (χ1) is 14.0. The summed E-state index contributed by atoms with van der Waals surface area (Å²) in [6, 6.07) is 9.94. The smallest absolute Gasteiger partial charge is 0.278 e. The van der Waals surface area contributed by atoms with E-state index in [1.807, 2.05) is 6.92 Å². The van der Waals surface area contributed by atoms with Gasteiger partial charge in [-0.25, -0.2) is 13.5 Å². The first kappa shape index (κ1) is 19.2. The van der Waals surface area contributed by atoms with Crippen molar-refractivity contribution in [2.75, 3.05) is 18.4 Å². The molecule has 1 aliphatic rings. The van der Waals surface area contributed by atoms with Crippen LogP contribution in [0.3, 0.4) is 0 Å². The Labute approximate surface area is 166 Å². The molecule has 0 aliphatic carbocycles. The van der Waals surface area contributed by atoms with E-state index in [4.69, 9.17) is 0 Å². The zero-order valence-corrected chi connectivity index (χ0v) is 16.0. The van der Waals surface area contributed by atoms with Crippen molar-refractivity contribution >= 4 is 11.6 Å². The van der Waals surface area contributed by atoms with Gasteiger partial charge in [0.15, 0.2) is 5.69 Å². The maximum atomic E-state index is 13.8. The molecule has 0 spiro atoms. The third-order valence-electron chi connectivity index (χ3n) is 5.18. The van der Waals surface area contributed by atoms with Gasteiger partial charge in [-0.3, -0.25) is 4.79 Å². The Hall–Kier alpha value is -3.13. The molecule has 6 nitrogen and oxygen atoms in total. The summed E-state index contributed by atoms with van der Waals surface area (Å²) in [4.78, 5) is 12.9. The van der Waals surface area contributed by atoms with Crippen LogP contribution in [0.25, 0.3) is 11.1 Å². The lowest BCUT2D eigenvalue weighted by molar-refractivity contribution is 0.102. The van der Waals surface area contributed by atoms with Gasteiger partial charge in [-0.05, 0) is 68.8 Å². The third kappa shape index (κ3) is 4.02. The Bertz CT molecular complexity index is 1030. The molecule has 2 N–H and O–H groups in total. The predicted octanol–water partition coefficient (Wildman–Crippen LogP) is 3.71. The van der Waals surface area contributed by atoms with Crippen LogP contribution in [0.1, 0.15) is 35.1 Å². The molecular weight excluding hydrogens is 376 g/mol. The summed E-state index contributed by atoms with van der Waals surface area (Å²) in [6.45, 7) is 3.63. The molecule has 150 valence electrons. The van der Waals surface area contributed by atoms with Crippen LogP contribution in [0.5, 0.6) is 0 Å². The Morgan fingerprint density at radius 2 is 1.79 bits per heavy atom.